The molecule has 1 atom stereocenters. The van der Waals surface area contributed by atoms with Crippen LogP contribution in [0.5, 0.6) is 0 Å². The first-order valence-corrected chi connectivity index (χ1v) is 5.19. The van der Waals surface area contributed by atoms with Crippen molar-refractivity contribution in [3.05, 3.63) is 28.4 Å². The van der Waals surface area contributed by atoms with Crippen LogP contribution in [0.1, 0.15) is 23.3 Å². The van der Waals surface area contributed by atoms with E-state index in [-0.39, 0.29) is 17.2 Å². The zero-order valence-electron chi connectivity index (χ0n) is 8.72. The Bertz CT molecular complexity index is 423. The topological polar surface area (TPSA) is 86.3 Å². The number of aromatic amines is 1. The molecule has 86 valence electrons. The van der Waals surface area contributed by atoms with Crippen LogP contribution in [0.2, 0.25) is 0 Å². The number of amides is 1. The van der Waals surface area contributed by atoms with E-state index in [0.29, 0.717) is 13.1 Å². The lowest BCUT2D eigenvalue weighted by atomic mass is 10.1. The molecule has 0 radical (unpaired) electrons. The van der Waals surface area contributed by atoms with Crippen LogP contribution in [-0.2, 0) is 0 Å². The van der Waals surface area contributed by atoms with E-state index in [1.54, 1.807) is 4.90 Å². The third-order valence-electron chi connectivity index (χ3n) is 2.57. The predicted molar refractivity (Wildman–Crippen MR) is 56.0 cm³/mol. The van der Waals surface area contributed by atoms with Gasteiger partial charge in [0.15, 0.2) is 0 Å². The van der Waals surface area contributed by atoms with Crippen LogP contribution >= 0.6 is 0 Å². The number of likely N-dealkylation sites (tertiary alicyclic amines) is 1. The molecule has 1 aliphatic rings. The molecule has 0 bridgehead atoms. The van der Waals surface area contributed by atoms with Crippen LogP contribution in [-0.4, -0.2) is 45.1 Å². The molecule has 6 heteroatoms. The largest absolute Gasteiger partial charge is 0.391 e. The number of carbonyl (C=O) groups is 1. The molecule has 2 rings (SSSR count). The van der Waals surface area contributed by atoms with Crippen molar-refractivity contribution < 1.29 is 9.90 Å². The van der Waals surface area contributed by atoms with E-state index in [1.165, 1.54) is 6.20 Å². The average Bonchev–Trinajstić information content (AvgIpc) is 2.29. The quantitative estimate of drug-likeness (QED) is 0.663. The fraction of sp³-hybridized carbons (Fsp3) is 0.500. The fourth-order valence-corrected chi connectivity index (χ4v) is 1.76. The molecule has 2 N–H and O–H groups in total. The van der Waals surface area contributed by atoms with Gasteiger partial charge in [0.05, 0.1) is 12.3 Å². The van der Waals surface area contributed by atoms with Gasteiger partial charge in [0.25, 0.3) is 11.5 Å². The Morgan fingerprint density at radius 3 is 3.06 bits per heavy atom. The van der Waals surface area contributed by atoms with Crippen molar-refractivity contribution in [2.24, 2.45) is 0 Å². The van der Waals surface area contributed by atoms with E-state index in [9.17, 15) is 14.7 Å². The van der Waals surface area contributed by atoms with E-state index in [0.717, 1.165) is 19.0 Å². The van der Waals surface area contributed by atoms with Gasteiger partial charge in [-0.25, -0.2) is 4.98 Å². The van der Waals surface area contributed by atoms with Gasteiger partial charge in [-0.2, -0.15) is 0 Å². The van der Waals surface area contributed by atoms with Crippen LogP contribution in [0.15, 0.2) is 17.2 Å². The lowest BCUT2D eigenvalue weighted by Crippen LogP contribution is -2.42. The summed E-state index contributed by atoms with van der Waals surface area (Å²) >= 11 is 0. The molecule has 0 spiro atoms. The van der Waals surface area contributed by atoms with Crippen LogP contribution in [0.4, 0.5) is 0 Å². The number of nitrogens with zero attached hydrogens (tertiary/aromatic N) is 2. The lowest BCUT2D eigenvalue weighted by Gasteiger charge is -2.29. The number of hydrogen-bond donors (Lipinski definition) is 2. The summed E-state index contributed by atoms with van der Waals surface area (Å²) in [6, 6.07) is 0. The maximum absolute atomic E-state index is 11.9. The van der Waals surface area contributed by atoms with Crippen molar-refractivity contribution in [1.29, 1.82) is 0 Å². The molecule has 1 fully saturated rings. The second kappa shape index (κ2) is 4.44. The summed E-state index contributed by atoms with van der Waals surface area (Å²) in [6.07, 6.45) is 3.43. The molecule has 1 aliphatic heterocycles. The van der Waals surface area contributed by atoms with Gasteiger partial charge in [-0.05, 0) is 12.8 Å². The van der Waals surface area contributed by atoms with E-state index in [2.05, 4.69) is 9.97 Å². The molecule has 1 amide bonds. The Morgan fingerprint density at radius 2 is 2.44 bits per heavy atom. The van der Waals surface area contributed by atoms with Gasteiger partial charge >= 0.3 is 0 Å². The van der Waals surface area contributed by atoms with Gasteiger partial charge in [-0.3, -0.25) is 9.59 Å². The van der Waals surface area contributed by atoms with E-state index < -0.39 is 6.10 Å². The van der Waals surface area contributed by atoms with Gasteiger partial charge < -0.3 is 15.0 Å². The maximum Gasteiger partial charge on any atom is 0.274 e. The van der Waals surface area contributed by atoms with Gasteiger partial charge in [-0.15, -0.1) is 0 Å². The molecule has 2 heterocycles. The Morgan fingerprint density at radius 1 is 1.62 bits per heavy atom. The minimum Gasteiger partial charge on any atom is -0.391 e. The average molecular weight is 223 g/mol. The van der Waals surface area contributed by atoms with E-state index in [4.69, 9.17) is 0 Å². The predicted octanol–water partition coefficient (Wildman–Crippen LogP) is -0.633. The van der Waals surface area contributed by atoms with E-state index >= 15 is 0 Å². The number of β-amino-alcohol motifs (C(OH)–C–C–N with tert-alkyl or cyclic N) is 1. The van der Waals surface area contributed by atoms with Gasteiger partial charge in [0, 0.05) is 19.3 Å². The number of hydrogen-bond acceptors (Lipinski definition) is 4. The van der Waals surface area contributed by atoms with Crippen molar-refractivity contribution in [3.63, 3.8) is 0 Å². The monoisotopic (exact) mass is 223 g/mol. The number of aliphatic hydroxyl groups is 1. The highest BCUT2D eigenvalue weighted by Crippen LogP contribution is 2.11. The number of nitrogens with one attached hydrogen (secondary N) is 1. The highest BCUT2D eigenvalue weighted by Gasteiger charge is 2.23. The van der Waals surface area contributed by atoms with Crippen molar-refractivity contribution >= 4 is 5.91 Å². The molecule has 1 saturated heterocycles. The van der Waals surface area contributed by atoms with Crippen LogP contribution in [0, 0.1) is 0 Å². The number of rotatable bonds is 1. The molecule has 0 aliphatic carbocycles. The highest BCUT2D eigenvalue weighted by molar-refractivity contribution is 5.92. The summed E-state index contributed by atoms with van der Waals surface area (Å²) in [7, 11) is 0. The Hall–Kier alpha value is -1.69. The van der Waals surface area contributed by atoms with Crippen molar-refractivity contribution in [2.75, 3.05) is 13.1 Å². The zero-order valence-corrected chi connectivity index (χ0v) is 8.72. The molecule has 16 heavy (non-hydrogen) atoms. The molecular weight excluding hydrogens is 210 g/mol. The number of aliphatic hydroxyl groups excluding tert-OH is 1. The number of aromatic nitrogens is 2. The van der Waals surface area contributed by atoms with Crippen molar-refractivity contribution in [3.8, 4) is 0 Å². The smallest absolute Gasteiger partial charge is 0.274 e. The molecule has 1 aromatic rings. The second-order valence-corrected chi connectivity index (χ2v) is 3.84. The molecular formula is C10H13N3O3. The third-order valence-corrected chi connectivity index (χ3v) is 2.57. The van der Waals surface area contributed by atoms with Crippen molar-refractivity contribution in [2.45, 2.75) is 18.9 Å². The maximum atomic E-state index is 11.9. The van der Waals surface area contributed by atoms with Gasteiger partial charge in [-0.1, -0.05) is 0 Å². The highest BCUT2D eigenvalue weighted by atomic mass is 16.3. The zero-order chi connectivity index (χ0) is 11.5. The Labute approximate surface area is 91.9 Å². The summed E-state index contributed by atoms with van der Waals surface area (Å²) in [4.78, 5) is 30.4. The molecule has 0 unspecified atom stereocenters. The van der Waals surface area contributed by atoms with Crippen molar-refractivity contribution in [1.82, 2.24) is 14.9 Å². The summed E-state index contributed by atoms with van der Waals surface area (Å²) in [6.45, 7) is 0.955. The molecule has 0 aromatic carbocycles. The fourth-order valence-electron chi connectivity index (χ4n) is 1.76. The summed E-state index contributed by atoms with van der Waals surface area (Å²) in [5.41, 5.74) is -0.135. The molecule has 6 nitrogen and oxygen atoms in total. The molecule has 0 saturated carbocycles. The number of piperidine rings is 1. The van der Waals surface area contributed by atoms with Crippen LogP contribution < -0.4 is 5.56 Å². The van der Waals surface area contributed by atoms with Gasteiger partial charge in [0.1, 0.15) is 5.69 Å². The van der Waals surface area contributed by atoms with E-state index in [1.807, 2.05) is 0 Å². The normalized spacial score (nSPS) is 20.8. The first-order chi connectivity index (χ1) is 7.66. The standard InChI is InChI=1S/C10H13N3O3/c14-7-2-1-3-13(6-7)10(16)8-4-12-9(15)5-11-8/h4-5,7,14H,1-3,6H2,(H,12,15)/t7-/m0/s1. The number of carbonyl (C=O) groups excluding carboxylic acids is 1. The Balaban J connectivity index is 2.12. The van der Waals surface area contributed by atoms with Gasteiger partial charge in [0.2, 0.25) is 0 Å². The molecule has 1 aromatic heterocycles. The lowest BCUT2D eigenvalue weighted by molar-refractivity contribution is 0.0468. The third kappa shape index (κ3) is 2.27. The first-order valence-electron chi connectivity index (χ1n) is 5.19. The summed E-state index contributed by atoms with van der Waals surface area (Å²) in [5.74, 6) is -0.255. The SMILES string of the molecule is O=C(c1c[nH]c(=O)cn1)N1CCC[C@H](O)C1. The van der Waals surface area contributed by atoms with Crippen LogP contribution in [0.3, 0.4) is 0 Å². The second-order valence-electron chi connectivity index (χ2n) is 3.84. The minimum absolute atomic E-state index is 0.203. The minimum atomic E-state index is -0.458. The van der Waals surface area contributed by atoms with Crippen LogP contribution in [0.25, 0.3) is 0 Å². The number of H-pyrrole nitrogens is 1. The Kier molecular flexibility index (Phi) is 3.00. The first kappa shape index (κ1) is 10.8. The summed E-state index contributed by atoms with van der Waals surface area (Å²) in [5, 5.41) is 9.45. The summed E-state index contributed by atoms with van der Waals surface area (Å²) < 4.78 is 0.